The summed E-state index contributed by atoms with van der Waals surface area (Å²) in [7, 11) is 5.36. The summed E-state index contributed by atoms with van der Waals surface area (Å²) < 4.78 is 12.9. The number of hydrogen-bond acceptors (Lipinski definition) is 6. The molecule has 0 radical (unpaired) electrons. The highest BCUT2D eigenvalue weighted by atomic mass is 32.2. The van der Waals surface area contributed by atoms with Crippen LogP contribution in [0.25, 0.3) is 0 Å². The monoisotopic (exact) mass is 446 g/mol. The molecule has 1 fully saturated rings. The molecule has 0 aliphatic carbocycles. The summed E-state index contributed by atoms with van der Waals surface area (Å²) >= 11 is 1.87. The van der Waals surface area contributed by atoms with Gasteiger partial charge in [0, 0.05) is 38.7 Å². The zero-order valence-corrected chi connectivity index (χ0v) is 20.0. The summed E-state index contributed by atoms with van der Waals surface area (Å²) in [5.74, 6) is 5.90. The summed E-state index contributed by atoms with van der Waals surface area (Å²) in [5.41, 5.74) is 1.24. The third-order valence-electron chi connectivity index (χ3n) is 5.69. The average molecular weight is 447 g/mol. The number of benzene rings is 1. The molecule has 1 N–H and O–H groups in total. The SMILES string of the molecule is COc1cc(OC)cc(C2CCN(C(=NCc3nnc(C)n3C)NCCCSC)C2)c1. The first kappa shape index (κ1) is 23.2. The number of guanidine groups is 1. The van der Waals surface area contributed by atoms with Gasteiger partial charge >= 0.3 is 0 Å². The first-order valence-corrected chi connectivity index (χ1v) is 12.0. The van der Waals surface area contributed by atoms with Crippen molar-refractivity contribution in [3.05, 3.63) is 35.4 Å². The molecule has 1 unspecified atom stereocenters. The van der Waals surface area contributed by atoms with Crippen molar-refractivity contribution in [2.45, 2.75) is 32.2 Å². The highest BCUT2D eigenvalue weighted by Gasteiger charge is 2.27. The van der Waals surface area contributed by atoms with E-state index in [1.165, 1.54) is 5.56 Å². The van der Waals surface area contributed by atoms with Crippen LogP contribution in [-0.4, -0.2) is 71.5 Å². The van der Waals surface area contributed by atoms with Crippen LogP contribution in [0, 0.1) is 6.92 Å². The van der Waals surface area contributed by atoms with Crippen LogP contribution in [0.3, 0.4) is 0 Å². The fourth-order valence-electron chi connectivity index (χ4n) is 3.71. The van der Waals surface area contributed by atoms with Gasteiger partial charge in [-0.3, -0.25) is 0 Å². The van der Waals surface area contributed by atoms with Crippen molar-refractivity contribution in [1.29, 1.82) is 0 Å². The van der Waals surface area contributed by atoms with E-state index in [2.05, 4.69) is 38.8 Å². The number of nitrogens with zero attached hydrogens (tertiary/aromatic N) is 5. The molecule has 1 aliphatic rings. The van der Waals surface area contributed by atoms with Gasteiger partial charge in [0.15, 0.2) is 11.8 Å². The zero-order valence-electron chi connectivity index (χ0n) is 19.2. The van der Waals surface area contributed by atoms with Gasteiger partial charge in [-0.05, 0) is 49.5 Å². The first-order valence-electron chi connectivity index (χ1n) is 10.7. The molecule has 1 saturated heterocycles. The molecular weight excluding hydrogens is 412 g/mol. The van der Waals surface area contributed by atoms with Crippen LogP contribution in [-0.2, 0) is 13.6 Å². The van der Waals surface area contributed by atoms with Gasteiger partial charge in [-0.25, -0.2) is 4.99 Å². The van der Waals surface area contributed by atoms with Gasteiger partial charge in [-0.2, -0.15) is 11.8 Å². The van der Waals surface area contributed by atoms with E-state index in [1.807, 2.05) is 36.4 Å². The second kappa shape index (κ2) is 11.3. The Kier molecular flexibility index (Phi) is 8.45. The summed E-state index contributed by atoms with van der Waals surface area (Å²) in [6, 6.07) is 6.14. The molecule has 1 aliphatic heterocycles. The predicted octanol–water partition coefficient (Wildman–Crippen LogP) is 2.83. The standard InChI is InChI=1S/C22H34N6O2S/c1-16-25-26-21(27(16)2)14-24-22(23-8-6-10-31-5)28-9-7-17(15-28)18-11-19(29-3)13-20(12-18)30-4/h11-13,17H,6-10,14-15H2,1-5H3,(H,23,24). The Morgan fingerprint density at radius 1 is 1.23 bits per heavy atom. The largest absolute Gasteiger partial charge is 0.497 e. The molecule has 1 atom stereocenters. The van der Waals surface area contributed by atoms with Gasteiger partial charge in [-0.1, -0.05) is 0 Å². The van der Waals surface area contributed by atoms with Crippen LogP contribution >= 0.6 is 11.8 Å². The van der Waals surface area contributed by atoms with Crippen molar-refractivity contribution >= 4 is 17.7 Å². The normalized spacial score (nSPS) is 16.6. The van der Waals surface area contributed by atoms with E-state index < -0.39 is 0 Å². The third-order valence-corrected chi connectivity index (χ3v) is 6.39. The van der Waals surface area contributed by atoms with Crippen LogP contribution in [0.15, 0.2) is 23.2 Å². The second-order valence-electron chi connectivity index (χ2n) is 7.71. The Bertz CT molecular complexity index is 863. The number of aromatic nitrogens is 3. The van der Waals surface area contributed by atoms with E-state index in [9.17, 15) is 0 Å². The smallest absolute Gasteiger partial charge is 0.194 e. The number of likely N-dealkylation sites (tertiary alicyclic amines) is 1. The highest BCUT2D eigenvalue weighted by molar-refractivity contribution is 7.98. The van der Waals surface area contributed by atoms with Crippen molar-refractivity contribution in [1.82, 2.24) is 25.0 Å². The maximum absolute atomic E-state index is 5.46. The maximum atomic E-state index is 5.46. The molecule has 2 aromatic rings. The quantitative estimate of drug-likeness (QED) is 0.361. The summed E-state index contributed by atoms with van der Waals surface area (Å²) in [4.78, 5) is 7.24. The number of thioether (sulfide) groups is 1. The number of methoxy groups -OCH3 is 2. The molecule has 2 heterocycles. The van der Waals surface area contributed by atoms with Gasteiger partial charge in [0.05, 0.1) is 14.2 Å². The minimum atomic E-state index is 0.402. The van der Waals surface area contributed by atoms with Gasteiger partial charge in [0.1, 0.15) is 23.9 Å². The molecule has 0 saturated carbocycles. The van der Waals surface area contributed by atoms with Crippen LogP contribution in [0.2, 0.25) is 0 Å². The summed E-state index contributed by atoms with van der Waals surface area (Å²) in [6.07, 6.45) is 4.30. The van der Waals surface area contributed by atoms with Gasteiger partial charge in [0.25, 0.3) is 0 Å². The number of nitrogens with one attached hydrogen (secondary N) is 1. The lowest BCUT2D eigenvalue weighted by Crippen LogP contribution is -2.40. The Labute approximate surface area is 189 Å². The summed E-state index contributed by atoms with van der Waals surface area (Å²) in [6.45, 7) is 5.23. The van der Waals surface area contributed by atoms with E-state index in [0.29, 0.717) is 12.5 Å². The van der Waals surface area contributed by atoms with E-state index >= 15 is 0 Å². The molecule has 0 spiro atoms. The number of ether oxygens (including phenoxy) is 2. The van der Waals surface area contributed by atoms with Gasteiger partial charge < -0.3 is 24.3 Å². The van der Waals surface area contributed by atoms with E-state index in [-0.39, 0.29) is 0 Å². The zero-order chi connectivity index (χ0) is 22.2. The predicted molar refractivity (Wildman–Crippen MR) is 126 cm³/mol. The molecule has 1 aromatic carbocycles. The molecule has 0 bridgehead atoms. The lowest BCUT2D eigenvalue weighted by Gasteiger charge is -2.22. The van der Waals surface area contributed by atoms with Crippen molar-refractivity contribution < 1.29 is 9.47 Å². The number of hydrogen-bond donors (Lipinski definition) is 1. The van der Waals surface area contributed by atoms with Crippen molar-refractivity contribution in [2.24, 2.45) is 12.0 Å². The molecule has 1 aromatic heterocycles. The Balaban J connectivity index is 1.73. The lowest BCUT2D eigenvalue weighted by atomic mass is 9.98. The molecule has 0 amide bonds. The Morgan fingerprint density at radius 2 is 1.97 bits per heavy atom. The van der Waals surface area contributed by atoms with Crippen LogP contribution in [0.5, 0.6) is 11.5 Å². The van der Waals surface area contributed by atoms with Crippen LogP contribution < -0.4 is 14.8 Å². The van der Waals surface area contributed by atoms with Gasteiger partial charge in [0.2, 0.25) is 0 Å². The lowest BCUT2D eigenvalue weighted by molar-refractivity contribution is 0.392. The van der Waals surface area contributed by atoms with Crippen molar-refractivity contribution in [3.8, 4) is 11.5 Å². The molecule has 170 valence electrons. The Hall–Kier alpha value is -2.42. The van der Waals surface area contributed by atoms with Crippen LogP contribution in [0.1, 0.15) is 36.0 Å². The topological polar surface area (TPSA) is 76.8 Å². The Morgan fingerprint density at radius 3 is 2.58 bits per heavy atom. The van der Waals surface area contributed by atoms with Crippen molar-refractivity contribution in [3.63, 3.8) is 0 Å². The maximum Gasteiger partial charge on any atom is 0.194 e. The number of aliphatic imine (C=N–C) groups is 1. The van der Waals surface area contributed by atoms with E-state index in [4.69, 9.17) is 14.5 Å². The van der Waals surface area contributed by atoms with Crippen molar-refractivity contribution in [2.75, 3.05) is 45.9 Å². The molecule has 8 nitrogen and oxygen atoms in total. The molecule has 3 rings (SSSR count). The average Bonchev–Trinajstić information content (AvgIpc) is 3.40. The molecular formula is C22H34N6O2S. The summed E-state index contributed by atoms with van der Waals surface area (Å²) in [5, 5.41) is 12.0. The minimum Gasteiger partial charge on any atom is -0.497 e. The highest BCUT2D eigenvalue weighted by Crippen LogP contribution is 2.33. The van der Waals surface area contributed by atoms with Gasteiger partial charge in [-0.15, -0.1) is 10.2 Å². The molecule has 9 heteroatoms. The van der Waals surface area contributed by atoms with Crippen LogP contribution in [0.4, 0.5) is 0 Å². The number of rotatable bonds is 9. The minimum absolute atomic E-state index is 0.402. The van der Waals surface area contributed by atoms with E-state index in [1.54, 1.807) is 14.2 Å². The third kappa shape index (κ3) is 6.06. The fraction of sp³-hybridized carbons (Fsp3) is 0.591. The molecule has 31 heavy (non-hydrogen) atoms. The van der Waals surface area contributed by atoms with E-state index in [0.717, 1.165) is 67.3 Å². The fourth-order valence-corrected chi connectivity index (χ4v) is 4.14. The first-order chi connectivity index (χ1) is 15.0. The number of aryl methyl sites for hydroxylation is 1. The second-order valence-corrected chi connectivity index (χ2v) is 8.70.